The van der Waals surface area contributed by atoms with Crippen LogP contribution in [-0.2, 0) is 0 Å². The van der Waals surface area contributed by atoms with Gasteiger partial charge in [-0.3, -0.25) is 24.5 Å². The second kappa shape index (κ2) is 13.1. The van der Waals surface area contributed by atoms with Crippen LogP contribution >= 0.6 is 27.5 Å². The lowest BCUT2D eigenvalue weighted by atomic mass is 10.2. The van der Waals surface area contributed by atoms with Gasteiger partial charge in [0.2, 0.25) is 0 Å². The van der Waals surface area contributed by atoms with E-state index in [9.17, 15) is 24.5 Å². The Labute approximate surface area is 180 Å². The molecule has 3 rings (SSSR count). The summed E-state index contributed by atoms with van der Waals surface area (Å²) in [7, 11) is 0. The maximum absolute atomic E-state index is 10.1. The maximum Gasteiger partial charge on any atom is 0.269 e. The van der Waals surface area contributed by atoms with Gasteiger partial charge in [-0.2, -0.15) is 0 Å². The Kier molecular flexibility index (Phi) is 10.8. The van der Waals surface area contributed by atoms with E-state index in [0.717, 1.165) is 17.0 Å². The van der Waals surface area contributed by atoms with Gasteiger partial charge in [0.25, 0.3) is 5.69 Å². The van der Waals surface area contributed by atoms with Gasteiger partial charge in [-0.15, -0.1) is 0 Å². The molecule has 0 unspecified atom stereocenters. The molecule has 0 amide bonds. The van der Waals surface area contributed by atoms with E-state index in [1.165, 1.54) is 24.3 Å². The van der Waals surface area contributed by atoms with Crippen molar-refractivity contribution < 1.29 is 19.3 Å². The minimum absolute atomic E-state index is 0.00407. The number of nitro groups is 1. The molecule has 3 aromatic rings. The first-order valence-electron chi connectivity index (χ1n) is 8.01. The number of carbonyl (C=O) groups excluding carboxylic acids is 3. The predicted octanol–water partition coefficient (Wildman–Crippen LogP) is 5.82. The number of non-ortho nitro benzene ring substituents is 1. The Morgan fingerprint density at radius 1 is 0.759 bits per heavy atom. The van der Waals surface area contributed by atoms with Gasteiger partial charge in [0.15, 0.2) is 6.29 Å². The third-order valence-electron chi connectivity index (χ3n) is 3.28. The van der Waals surface area contributed by atoms with Crippen molar-refractivity contribution in [3.63, 3.8) is 0 Å². The molecule has 148 valence electrons. The fourth-order valence-corrected chi connectivity index (χ4v) is 2.23. The van der Waals surface area contributed by atoms with Crippen LogP contribution in [0.4, 0.5) is 5.69 Å². The zero-order valence-electron chi connectivity index (χ0n) is 14.9. The van der Waals surface area contributed by atoms with Gasteiger partial charge >= 0.3 is 0 Å². The summed E-state index contributed by atoms with van der Waals surface area (Å²) in [5.41, 5.74) is 1.68. The molecule has 0 atom stereocenters. The number of nitrogens with zero attached hydrogens (tertiary/aromatic N) is 1. The molecule has 0 N–H and O–H groups in total. The van der Waals surface area contributed by atoms with Gasteiger partial charge < -0.3 is 0 Å². The highest BCUT2D eigenvalue weighted by molar-refractivity contribution is 9.10. The third-order valence-corrected chi connectivity index (χ3v) is 4.15. The van der Waals surface area contributed by atoms with E-state index in [2.05, 4.69) is 15.9 Å². The summed E-state index contributed by atoms with van der Waals surface area (Å²) in [6.07, 6.45) is 2.21. The van der Waals surface area contributed by atoms with Crippen molar-refractivity contribution >= 4 is 52.1 Å². The van der Waals surface area contributed by atoms with E-state index in [4.69, 9.17) is 11.6 Å². The number of hydrogen-bond donors (Lipinski definition) is 0. The van der Waals surface area contributed by atoms with Crippen molar-refractivity contribution in [3.05, 3.63) is 109 Å². The van der Waals surface area contributed by atoms with Crippen LogP contribution in [0.2, 0.25) is 5.02 Å². The lowest BCUT2D eigenvalue weighted by Crippen LogP contribution is -1.87. The number of hydrogen-bond acceptors (Lipinski definition) is 5. The van der Waals surface area contributed by atoms with E-state index in [0.29, 0.717) is 28.0 Å². The van der Waals surface area contributed by atoms with Crippen LogP contribution in [0, 0.1) is 10.1 Å². The summed E-state index contributed by atoms with van der Waals surface area (Å²) in [5.74, 6) is 0. The Morgan fingerprint density at radius 3 is 1.62 bits per heavy atom. The normalized spacial score (nSPS) is 9.03. The molecule has 0 fully saturated rings. The van der Waals surface area contributed by atoms with Crippen LogP contribution in [-0.4, -0.2) is 23.8 Å². The summed E-state index contributed by atoms with van der Waals surface area (Å²) in [6, 6.07) is 19.5. The average Bonchev–Trinajstić information content (AvgIpc) is 2.75. The Hall–Kier alpha value is -3.16. The van der Waals surface area contributed by atoms with Crippen molar-refractivity contribution in [3.8, 4) is 0 Å². The summed E-state index contributed by atoms with van der Waals surface area (Å²) >= 11 is 8.85. The minimum Gasteiger partial charge on any atom is -0.298 e. The zero-order chi connectivity index (χ0) is 21.6. The highest BCUT2D eigenvalue weighted by Gasteiger charge is 2.02. The Balaban J connectivity index is 0.000000219. The highest BCUT2D eigenvalue weighted by Crippen LogP contribution is 2.12. The first kappa shape index (κ1) is 23.9. The molecule has 0 spiro atoms. The molecular formula is C21H15BrClNO5. The zero-order valence-corrected chi connectivity index (χ0v) is 17.2. The van der Waals surface area contributed by atoms with Crippen LogP contribution in [0.25, 0.3) is 0 Å². The topological polar surface area (TPSA) is 94.3 Å². The molecule has 0 saturated heterocycles. The minimum atomic E-state index is -0.505. The smallest absolute Gasteiger partial charge is 0.269 e. The van der Waals surface area contributed by atoms with E-state index >= 15 is 0 Å². The highest BCUT2D eigenvalue weighted by atomic mass is 79.9. The van der Waals surface area contributed by atoms with Crippen molar-refractivity contribution in [2.45, 2.75) is 0 Å². The van der Waals surface area contributed by atoms with Crippen LogP contribution in [0.15, 0.2) is 77.3 Å². The Bertz CT molecular complexity index is 960. The molecule has 3 aromatic carbocycles. The van der Waals surface area contributed by atoms with Gasteiger partial charge in [-0.05, 0) is 30.3 Å². The van der Waals surface area contributed by atoms with Crippen molar-refractivity contribution in [2.75, 3.05) is 0 Å². The number of nitro benzene ring substituents is 1. The van der Waals surface area contributed by atoms with Crippen LogP contribution < -0.4 is 0 Å². The molecule has 0 saturated carbocycles. The molecule has 0 bridgehead atoms. The van der Waals surface area contributed by atoms with Crippen LogP contribution in [0.5, 0.6) is 0 Å². The number of halogens is 2. The molecule has 0 heterocycles. The largest absolute Gasteiger partial charge is 0.298 e. The van der Waals surface area contributed by atoms with Crippen molar-refractivity contribution in [1.82, 2.24) is 0 Å². The monoisotopic (exact) mass is 475 g/mol. The van der Waals surface area contributed by atoms with Gasteiger partial charge in [0.05, 0.1) is 9.95 Å². The maximum atomic E-state index is 10.1. The van der Waals surface area contributed by atoms with E-state index < -0.39 is 4.92 Å². The first-order chi connectivity index (χ1) is 13.9. The summed E-state index contributed by atoms with van der Waals surface area (Å²) in [4.78, 5) is 40.0. The number of aldehydes is 3. The summed E-state index contributed by atoms with van der Waals surface area (Å²) < 4.78 is 0.994. The molecule has 29 heavy (non-hydrogen) atoms. The lowest BCUT2D eigenvalue weighted by molar-refractivity contribution is -0.384. The average molecular weight is 477 g/mol. The molecule has 0 aliphatic rings. The summed E-state index contributed by atoms with van der Waals surface area (Å²) in [5, 5.41) is 10.6. The quantitative estimate of drug-likeness (QED) is 0.268. The predicted molar refractivity (Wildman–Crippen MR) is 115 cm³/mol. The second-order valence-corrected chi connectivity index (χ2v) is 6.60. The number of rotatable bonds is 4. The molecule has 6 nitrogen and oxygen atoms in total. The number of carbonyl (C=O) groups is 3. The van der Waals surface area contributed by atoms with E-state index in [1.807, 2.05) is 12.1 Å². The van der Waals surface area contributed by atoms with Crippen LogP contribution in [0.3, 0.4) is 0 Å². The molecule has 0 radical (unpaired) electrons. The van der Waals surface area contributed by atoms with E-state index in [1.54, 1.807) is 36.4 Å². The lowest BCUT2D eigenvalue weighted by Gasteiger charge is -1.90. The Morgan fingerprint density at radius 2 is 1.24 bits per heavy atom. The van der Waals surface area contributed by atoms with Crippen molar-refractivity contribution in [1.29, 1.82) is 0 Å². The SMILES string of the molecule is O=Cc1ccc(Br)cc1.O=Cc1ccc([N+](=O)[O-])cc1.O=Cc1ccccc1Cl. The molecule has 0 aliphatic heterocycles. The third kappa shape index (κ3) is 9.05. The van der Waals surface area contributed by atoms with Gasteiger partial charge in [-0.25, -0.2) is 0 Å². The molecule has 8 heteroatoms. The molecular weight excluding hydrogens is 462 g/mol. The second-order valence-electron chi connectivity index (χ2n) is 5.28. The van der Waals surface area contributed by atoms with Gasteiger partial charge in [-0.1, -0.05) is 57.9 Å². The number of benzene rings is 3. The van der Waals surface area contributed by atoms with Gasteiger partial charge in [0.1, 0.15) is 12.6 Å². The standard InChI is InChI=1S/C7H5BrO.C7H5ClO.C7H5NO3/c8-7-3-1-6(5-9)2-4-7;8-7-4-2-1-3-6(7)5-9;9-5-6-1-3-7(4-2-6)8(10)11/h2*1-5H;1-5H. The molecule has 0 aliphatic carbocycles. The van der Waals surface area contributed by atoms with Crippen molar-refractivity contribution in [2.24, 2.45) is 0 Å². The fourth-order valence-electron chi connectivity index (χ4n) is 1.79. The van der Waals surface area contributed by atoms with Gasteiger partial charge in [0, 0.05) is 33.3 Å². The molecule has 0 aromatic heterocycles. The summed E-state index contributed by atoms with van der Waals surface area (Å²) in [6.45, 7) is 0. The van der Waals surface area contributed by atoms with Crippen LogP contribution in [0.1, 0.15) is 31.1 Å². The fraction of sp³-hybridized carbons (Fsp3) is 0. The van der Waals surface area contributed by atoms with E-state index in [-0.39, 0.29) is 5.69 Å². The first-order valence-corrected chi connectivity index (χ1v) is 9.18.